The minimum atomic E-state index is -0.551. The predicted molar refractivity (Wildman–Crippen MR) is 111 cm³/mol. The normalized spacial score (nSPS) is 12.2. The van der Waals surface area contributed by atoms with Gasteiger partial charge in [0.15, 0.2) is 5.75 Å². The quantitative estimate of drug-likeness (QED) is 0.187. The number of halogens is 4. The Balaban J connectivity index is 1.86. The lowest BCUT2D eigenvalue weighted by atomic mass is 10.1. The zero-order valence-electron chi connectivity index (χ0n) is 12.1. The molecule has 3 aromatic rings. The molecule has 0 bridgehead atoms. The monoisotopic (exact) mass is 574 g/mol. The lowest BCUT2D eigenvalue weighted by Gasteiger charge is -2.13. The van der Waals surface area contributed by atoms with Gasteiger partial charge in [0, 0.05) is 4.47 Å². The topological polar surface area (TPSA) is 26.3 Å². The highest BCUT2D eigenvalue weighted by Gasteiger charge is 2.22. The Morgan fingerprint density at radius 1 is 0.875 bits per heavy atom. The molecule has 0 aliphatic rings. The molecule has 0 aliphatic carbocycles. The summed E-state index contributed by atoms with van der Waals surface area (Å²) in [5, 5.41) is 2.21. The first-order chi connectivity index (χ1) is 11.5. The molecule has 24 heavy (non-hydrogen) atoms. The minimum Gasteiger partial charge on any atom is -0.423 e. The second kappa shape index (κ2) is 7.68. The molecule has 0 fully saturated rings. The summed E-state index contributed by atoms with van der Waals surface area (Å²) in [5.74, 6) is 0.0717. The van der Waals surface area contributed by atoms with E-state index in [1.807, 2.05) is 54.6 Å². The molecular weight excluding hydrogens is 568 g/mol. The third kappa shape index (κ3) is 3.93. The maximum atomic E-state index is 12.5. The van der Waals surface area contributed by atoms with Crippen molar-refractivity contribution >= 4 is 80.5 Å². The number of fused-ring (bicyclic) bond motifs is 1. The van der Waals surface area contributed by atoms with Crippen LogP contribution in [0.3, 0.4) is 0 Å². The van der Waals surface area contributed by atoms with Gasteiger partial charge in [-0.1, -0.05) is 68.3 Å². The first-order valence-electron chi connectivity index (χ1n) is 6.94. The van der Waals surface area contributed by atoms with Gasteiger partial charge in [-0.15, -0.1) is 0 Å². The van der Waals surface area contributed by atoms with E-state index in [0.29, 0.717) is 14.7 Å². The highest BCUT2D eigenvalue weighted by atomic mass is 79.9. The van der Waals surface area contributed by atoms with Gasteiger partial charge in [-0.2, -0.15) is 0 Å². The molecule has 1 atom stereocenters. The van der Waals surface area contributed by atoms with E-state index in [9.17, 15) is 4.79 Å². The van der Waals surface area contributed by atoms with Crippen LogP contribution in [-0.2, 0) is 4.79 Å². The number of benzene rings is 3. The van der Waals surface area contributed by atoms with Crippen LogP contribution in [0.5, 0.6) is 5.75 Å². The summed E-state index contributed by atoms with van der Waals surface area (Å²) < 4.78 is 7.82. The van der Waals surface area contributed by atoms with Gasteiger partial charge in [0.25, 0.3) is 0 Å². The lowest BCUT2D eigenvalue weighted by molar-refractivity contribution is -0.133. The molecule has 0 radical (unpaired) electrons. The van der Waals surface area contributed by atoms with E-state index in [0.717, 1.165) is 20.8 Å². The highest BCUT2D eigenvalue weighted by molar-refractivity contribution is 9.11. The van der Waals surface area contributed by atoms with Crippen molar-refractivity contribution in [3.8, 4) is 5.75 Å². The fraction of sp³-hybridized carbons (Fsp3) is 0.0556. The van der Waals surface area contributed by atoms with E-state index in [2.05, 4.69) is 63.7 Å². The number of ether oxygens (including phenoxy) is 1. The summed E-state index contributed by atoms with van der Waals surface area (Å²) in [5.41, 5.74) is 0.850. The summed E-state index contributed by atoms with van der Waals surface area (Å²) in [6.07, 6.45) is 0. The molecule has 0 amide bonds. The second-order valence-corrected chi connectivity index (χ2v) is 8.63. The van der Waals surface area contributed by atoms with Crippen LogP contribution < -0.4 is 4.74 Å². The molecule has 0 saturated carbocycles. The van der Waals surface area contributed by atoms with Crippen molar-refractivity contribution in [1.29, 1.82) is 0 Å². The van der Waals surface area contributed by atoms with Gasteiger partial charge in [-0.25, -0.2) is 0 Å². The summed E-state index contributed by atoms with van der Waals surface area (Å²) in [7, 11) is 0. The molecule has 0 aliphatic heterocycles. The zero-order valence-corrected chi connectivity index (χ0v) is 18.4. The van der Waals surface area contributed by atoms with E-state index >= 15 is 0 Å². The van der Waals surface area contributed by atoms with Gasteiger partial charge in [0.2, 0.25) is 0 Å². The smallest absolute Gasteiger partial charge is 0.329 e. The van der Waals surface area contributed by atoms with Crippen LogP contribution in [0.15, 0.2) is 68.0 Å². The fourth-order valence-electron chi connectivity index (χ4n) is 2.28. The molecule has 2 nitrogen and oxygen atoms in total. The number of hydrogen-bond acceptors (Lipinski definition) is 2. The Bertz CT molecular complexity index is 901. The standard InChI is InChI=1S/C18H10Br4O2/c19-13-8-14(20)17(15(21)9-13)24-18(23)16(22)12-6-5-10-3-1-2-4-11(10)7-12/h1-9,16H/t16-/m0/s1. The molecule has 0 aromatic heterocycles. The van der Waals surface area contributed by atoms with E-state index in [1.54, 1.807) is 0 Å². The summed E-state index contributed by atoms with van der Waals surface area (Å²) in [6, 6.07) is 17.6. The molecule has 0 unspecified atom stereocenters. The number of rotatable bonds is 3. The maximum Gasteiger partial charge on any atom is 0.329 e. The van der Waals surface area contributed by atoms with Gasteiger partial charge in [-0.3, -0.25) is 4.79 Å². The van der Waals surface area contributed by atoms with Crippen molar-refractivity contribution in [2.75, 3.05) is 0 Å². The van der Waals surface area contributed by atoms with Crippen LogP contribution in [-0.4, -0.2) is 5.97 Å². The number of carbonyl (C=O) groups excluding carboxylic acids is 1. The molecule has 3 rings (SSSR count). The summed E-state index contributed by atoms with van der Waals surface area (Å²) >= 11 is 13.7. The average molecular weight is 578 g/mol. The van der Waals surface area contributed by atoms with Crippen LogP contribution in [0.25, 0.3) is 10.8 Å². The molecule has 3 aromatic carbocycles. The van der Waals surface area contributed by atoms with Gasteiger partial charge < -0.3 is 4.74 Å². The molecule has 0 heterocycles. The van der Waals surface area contributed by atoms with Crippen molar-refractivity contribution in [3.63, 3.8) is 0 Å². The van der Waals surface area contributed by atoms with E-state index in [4.69, 9.17) is 4.74 Å². The SMILES string of the molecule is O=C(Oc1c(Br)cc(Br)cc1Br)[C@@H](Br)c1ccc2ccccc2c1. The average Bonchev–Trinajstić information content (AvgIpc) is 2.56. The summed E-state index contributed by atoms with van der Waals surface area (Å²) in [6.45, 7) is 0. The molecule has 0 N–H and O–H groups in total. The lowest BCUT2D eigenvalue weighted by Crippen LogP contribution is -2.14. The van der Waals surface area contributed by atoms with E-state index in [1.165, 1.54) is 0 Å². The first-order valence-corrected chi connectivity index (χ1v) is 10.2. The van der Waals surface area contributed by atoms with Crippen molar-refractivity contribution in [2.45, 2.75) is 4.83 Å². The number of alkyl halides is 1. The predicted octanol–water partition coefficient (Wildman–Crippen LogP) is 7.17. The van der Waals surface area contributed by atoms with Crippen molar-refractivity contribution in [1.82, 2.24) is 0 Å². The molecule has 0 saturated heterocycles. The summed E-state index contributed by atoms with van der Waals surface area (Å²) in [4.78, 5) is 12.0. The highest BCUT2D eigenvalue weighted by Crippen LogP contribution is 2.38. The van der Waals surface area contributed by atoms with Crippen molar-refractivity contribution < 1.29 is 9.53 Å². The number of carbonyl (C=O) groups is 1. The third-order valence-corrected chi connectivity index (χ3v) is 5.98. The minimum absolute atomic E-state index is 0.381. The maximum absolute atomic E-state index is 12.5. The van der Waals surface area contributed by atoms with Gasteiger partial charge in [0.05, 0.1) is 8.95 Å². The van der Waals surface area contributed by atoms with Gasteiger partial charge >= 0.3 is 5.97 Å². The Hall–Kier alpha value is -0.690. The van der Waals surface area contributed by atoms with Gasteiger partial charge in [0.1, 0.15) is 4.83 Å². The molecule has 122 valence electrons. The molecular formula is C18H10Br4O2. The van der Waals surface area contributed by atoms with Crippen LogP contribution in [0.1, 0.15) is 10.4 Å². The van der Waals surface area contributed by atoms with Crippen LogP contribution >= 0.6 is 63.7 Å². The largest absolute Gasteiger partial charge is 0.423 e. The fourth-order valence-corrected chi connectivity index (χ4v) is 5.08. The van der Waals surface area contributed by atoms with Crippen molar-refractivity contribution in [2.24, 2.45) is 0 Å². The molecule has 6 heteroatoms. The number of esters is 1. The van der Waals surface area contributed by atoms with Crippen LogP contribution in [0, 0.1) is 0 Å². The van der Waals surface area contributed by atoms with E-state index < -0.39 is 4.83 Å². The third-order valence-electron chi connectivity index (χ3n) is 3.44. The Morgan fingerprint density at radius 2 is 1.50 bits per heavy atom. The van der Waals surface area contributed by atoms with Crippen molar-refractivity contribution in [3.05, 3.63) is 73.6 Å². The molecule has 0 spiro atoms. The number of hydrogen-bond donors (Lipinski definition) is 0. The zero-order chi connectivity index (χ0) is 17.3. The van der Waals surface area contributed by atoms with E-state index in [-0.39, 0.29) is 5.97 Å². The van der Waals surface area contributed by atoms with Crippen LogP contribution in [0.4, 0.5) is 0 Å². The van der Waals surface area contributed by atoms with Gasteiger partial charge in [-0.05, 0) is 66.4 Å². The second-order valence-electron chi connectivity index (χ2n) is 5.09. The Morgan fingerprint density at radius 3 is 2.17 bits per heavy atom. The van der Waals surface area contributed by atoms with Crippen LogP contribution in [0.2, 0.25) is 0 Å². The Labute approximate surface area is 173 Å². The first kappa shape index (κ1) is 18.1. The Kier molecular flexibility index (Phi) is 5.80.